The highest BCUT2D eigenvalue weighted by Crippen LogP contribution is 2.59. The first-order valence-corrected chi connectivity index (χ1v) is 13.3. The molecule has 2 aromatic rings. The Morgan fingerprint density at radius 2 is 2.03 bits per heavy atom. The van der Waals surface area contributed by atoms with Gasteiger partial charge in [0, 0.05) is 41.9 Å². The molecule has 0 amide bonds. The summed E-state index contributed by atoms with van der Waals surface area (Å²) in [4.78, 5) is 12.6. The van der Waals surface area contributed by atoms with Crippen LogP contribution in [-0.2, 0) is 21.0 Å². The van der Waals surface area contributed by atoms with Crippen LogP contribution in [0.2, 0.25) is 0 Å². The number of rotatable bonds is 6. The second-order valence-corrected chi connectivity index (χ2v) is 11.3. The van der Waals surface area contributed by atoms with Gasteiger partial charge in [-0.05, 0) is 43.8 Å². The summed E-state index contributed by atoms with van der Waals surface area (Å²) in [5, 5.41) is 10.8. The third-order valence-electron chi connectivity index (χ3n) is 6.65. The number of nitrogens with zero attached hydrogens (tertiary/aromatic N) is 2. The van der Waals surface area contributed by atoms with Crippen molar-refractivity contribution < 1.29 is 28.0 Å². The summed E-state index contributed by atoms with van der Waals surface area (Å²) in [5.41, 5.74) is 1.90. The highest BCUT2D eigenvalue weighted by Gasteiger charge is 2.53. The van der Waals surface area contributed by atoms with E-state index in [0.717, 1.165) is 30.8 Å². The van der Waals surface area contributed by atoms with E-state index in [4.69, 9.17) is 29.8 Å². The fraction of sp³-hybridized carbons (Fsp3) is 0.391. The zero-order valence-corrected chi connectivity index (χ0v) is 20.3. The van der Waals surface area contributed by atoms with Crippen LogP contribution in [0.15, 0.2) is 48.6 Å². The number of nitro benzene ring substituents is 1. The number of benzene rings is 2. The van der Waals surface area contributed by atoms with E-state index in [1.807, 2.05) is 12.1 Å². The van der Waals surface area contributed by atoms with Crippen LogP contribution in [0.5, 0.6) is 17.2 Å². The van der Waals surface area contributed by atoms with Gasteiger partial charge in [-0.15, -0.1) is 0 Å². The number of hydrogen-bond donors (Lipinski definition) is 0. The molecule has 34 heavy (non-hydrogen) atoms. The number of non-ortho nitro benzene ring substituents is 1. The Kier molecular flexibility index (Phi) is 5.84. The van der Waals surface area contributed by atoms with Gasteiger partial charge in [0.15, 0.2) is 11.5 Å². The molecule has 2 heterocycles. The first kappa shape index (κ1) is 23.2. The van der Waals surface area contributed by atoms with Gasteiger partial charge in [0.2, 0.25) is 0 Å². The molecule has 2 aliphatic heterocycles. The second kappa shape index (κ2) is 8.57. The van der Waals surface area contributed by atoms with Crippen molar-refractivity contribution in [3.63, 3.8) is 0 Å². The Morgan fingerprint density at radius 3 is 2.74 bits per heavy atom. The van der Waals surface area contributed by atoms with E-state index in [-0.39, 0.29) is 23.0 Å². The molecule has 4 atom stereocenters. The highest BCUT2D eigenvalue weighted by atomic mass is 35.7. The lowest BCUT2D eigenvalue weighted by Crippen LogP contribution is -2.43. The number of hydrogen-bond acceptors (Lipinski definition) is 8. The Morgan fingerprint density at radius 1 is 1.26 bits per heavy atom. The van der Waals surface area contributed by atoms with Gasteiger partial charge < -0.3 is 18.9 Å². The number of halogens is 1. The van der Waals surface area contributed by atoms with Gasteiger partial charge in [-0.3, -0.25) is 14.6 Å². The smallest absolute Gasteiger partial charge is 0.477 e. The number of methoxy groups -OCH3 is 1. The zero-order chi connectivity index (χ0) is 24.1. The maximum atomic E-state index is 12.9. The van der Waals surface area contributed by atoms with Crippen LogP contribution in [0, 0.1) is 10.1 Å². The van der Waals surface area contributed by atoms with Crippen LogP contribution in [0.4, 0.5) is 5.69 Å². The summed E-state index contributed by atoms with van der Waals surface area (Å²) in [7, 11) is 3.72. The highest BCUT2D eigenvalue weighted by molar-refractivity contribution is 7.81. The standard InChI is InChI=1S/C23H24ClN2O7P/c1-25-12-11-23-10-9-18(33-34(24,29)32-17-6-4-16(5-7-17)26(27)28)13-20(23)31-22-19(30-2)8-3-15(14-25)21(22)23/h3-10,18,20H,11-14H2,1-2H3/t18?,20-,23-,34?/m1/s1. The Balaban J connectivity index is 1.38. The normalized spacial score (nSPS) is 27.0. The van der Waals surface area contributed by atoms with Crippen molar-refractivity contribution in [1.29, 1.82) is 0 Å². The maximum Gasteiger partial charge on any atom is 0.477 e. The van der Waals surface area contributed by atoms with Crippen LogP contribution >= 0.6 is 18.2 Å². The summed E-state index contributed by atoms with van der Waals surface area (Å²) < 4.78 is 35.9. The summed E-state index contributed by atoms with van der Waals surface area (Å²) in [5.74, 6) is 1.56. The topological polar surface area (TPSA) is 100 Å². The molecular formula is C23H24ClN2O7P. The van der Waals surface area contributed by atoms with Crippen LogP contribution in [-0.4, -0.2) is 42.7 Å². The molecule has 0 bridgehead atoms. The van der Waals surface area contributed by atoms with Crippen LogP contribution < -0.4 is 14.0 Å². The van der Waals surface area contributed by atoms with E-state index in [1.54, 1.807) is 7.11 Å². The molecule has 0 fully saturated rings. The van der Waals surface area contributed by atoms with Gasteiger partial charge in [0.1, 0.15) is 11.9 Å². The zero-order valence-electron chi connectivity index (χ0n) is 18.7. The second-order valence-electron chi connectivity index (χ2n) is 8.78. The van der Waals surface area contributed by atoms with E-state index in [2.05, 4.69) is 24.1 Å². The molecule has 0 aromatic heterocycles. The van der Waals surface area contributed by atoms with E-state index < -0.39 is 18.0 Å². The van der Waals surface area contributed by atoms with Crippen molar-refractivity contribution in [2.24, 2.45) is 0 Å². The summed E-state index contributed by atoms with van der Waals surface area (Å²) in [6, 6.07) is 9.17. The van der Waals surface area contributed by atoms with Gasteiger partial charge in [-0.2, -0.15) is 0 Å². The molecule has 9 nitrogen and oxygen atoms in total. The number of ether oxygens (including phenoxy) is 2. The molecule has 2 aromatic carbocycles. The SMILES string of the molecule is COc1ccc2c3c1O[C@@H]1CC(OP(=O)(Cl)Oc4ccc([N+](=O)[O-])cc4)C=C[C@]31CCN(C)C2. The predicted octanol–water partition coefficient (Wildman–Crippen LogP) is 5.21. The molecule has 180 valence electrons. The molecule has 5 rings (SSSR count). The molecule has 1 aliphatic carbocycles. The van der Waals surface area contributed by atoms with Crippen molar-refractivity contribution in [3.8, 4) is 17.2 Å². The number of nitro groups is 1. The molecule has 2 unspecified atom stereocenters. The van der Waals surface area contributed by atoms with Crippen molar-refractivity contribution >= 4 is 23.9 Å². The largest absolute Gasteiger partial charge is 0.493 e. The lowest BCUT2D eigenvalue weighted by molar-refractivity contribution is -0.384. The Bertz CT molecular complexity index is 1200. The van der Waals surface area contributed by atoms with Gasteiger partial charge in [-0.1, -0.05) is 18.2 Å². The van der Waals surface area contributed by atoms with Crippen molar-refractivity contribution in [2.45, 2.75) is 37.0 Å². The molecule has 3 aliphatic rings. The van der Waals surface area contributed by atoms with Crippen molar-refractivity contribution in [1.82, 2.24) is 4.90 Å². The molecule has 0 saturated heterocycles. The third-order valence-corrected chi connectivity index (χ3v) is 8.05. The van der Waals surface area contributed by atoms with Crippen LogP contribution in [0.3, 0.4) is 0 Å². The average molecular weight is 507 g/mol. The molecular weight excluding hydrogens is 483 g/mol. The van der Waals surface area contributed by atoms with Crippen LogP contribution in [0.25, 0.3) is 0 Å². The van der Waals surface area contributed by atoms with Crippen molar-refractivity contribution in [3.05, 3.63) is 69.8 Å². The summed E-state index contributed by atoms with van der Waals surface area (Å²) in [6.45, 7) is -2.32. The fourth-order valence-electron chi connectivity index (χ4n) is 5.08. The Labute approximate surface area is 201 Å². The van der Waals surface area contributed by atoms with E-state index >= 15 is 0 Å². The first-order chi connectivity index (χ1) is 16.2. The minimum atomic E-state index is -4.03. The van der Waals surface area contributed by atoms with Crippen molar-refractivity contribution in [2.75, 3.05) is 20.7 Å². The lowest BCUT2D eigenvalue weighted by atomic mass is 9.69. The predicted molar refractivity (Wildman–Crippen MR) is 126 cm³/mol. The van der Waals surface area contributed by atoms with Gasteiger partial charge in [-0.25, -0.2) is 4.57 Å². The Hall–Kier alpha value is -2.58. The monoisotopic (exact) mass is 506 g/mol. The summed E-state index contributed by atoms with van der Waals surface area (Å²) in [6.07, 6.45) is 4.41. The summed E-state index contributed by atoms with van der Waals surface area (Å²) >= 11 is 6.11. The lowest BCUT2D eigenvalue weighted by Gasteiger charge is -2.37. The minimum absolute atomic E-state index is 0.111. The van der Waals surface area contributed by atoms with E-state index in [0.29, 0.717) is 12.2 Å². The first-order valence-electron chi connectivity index (χ1n) is 10.9. The van der Waals surface area contributed by atoms with E-state index in [9.17, 15) is 14.7 Å². The molecule has 0 radical (unpaired) electrons. The van der Waals surface area contributed by atoms with Gasteiger partial charge in [0.05, 0.1) is 23.6 Å². The molecule has 0 N–H and O–H groups in total. The van der Waals surface area contributed by atoms with Gasteiger partial charge >= 0.3 is 6.95 Å². The minimum Gasteiger partial charge on any atom is -0.493 e. The van der Waals surface area contributed by atoms with Crippen LogP contribution in [0.1, 0.15) is 24.0 Å². The molecule has 0 saturated carbocycles. The molecule has 11 heteroatoms. The van der Waals surface area contributed by atoms with Gasteiger partial charge in [0.25, 0.3) is 5.69 Å². The maximum absolute atomic E-state index is 12.9. The molecule has 1 spiro atoms. The quantitative estimate of drug-likeness (QED) is 0.228. The average Bonchev–Trinajstić information content (AvgIpc) is 3.05. The third kappa shape index (κ3) is 4.07. The van der Waals surface area contributed by atoms with E-state index in [1.165, 1.54) is 29.8 Å². The fourth-order valence-corrected chi connectivity index (χ4v) is 6.52.